The van der Waals surface area contributed by atoms with Gasteiger partial charge in [-0.2, -0.15) is 0 Å². The van der Waals surface area contributed by atoms with E-state index in [9.17, 15) is 9.59 Å². The first-order valence-corrected chi connectivity index (χ1v) is 9.85. The van der Waals surface area contributed by atoms with E-state index in [2.05, 4.69) is 24.5 Å². The Bertz CT molecular complexity index is 711. The summed E-state index contributed by atoms with van der Waals surface area (Å²) in [5, 5.41) is 5.94. The molecule has 1 atom stereocenters. The molecule has 0 aliphatic rings. The lowest BCUT2D eigenvalue weighted by atomic mass is 9.93. The van der Waals surface area contributed by atoms with E-state index < -0.39 is 0 Å². The van der Waals surface area contributed by atoms with Crippen molar-refractivity contribution in [3.05, 3.63) is 71.3 Å². The number of nitrogens with one attached hydrogen (secondary N) is 2. The molecule has 0 aliphatic heterocycles. The van der Waals surface area contributed by atoms with Crippen LogP contribution in [0, 0.1) is 0 Å². The number of hydrogen-bond donors (Lipinski definition) is 2. The highest BCUT2D eigenvalue weighted by Crippen LogP contribution is 2.21. The number of rotatable bonds is 10. The normalized spacial score (nSPS) is 11.6. The second kappa shape index (κ2) is 11.2. The predicted molar refractivity (Wildman–Crippen MR) is 110 cm³/mol. The van der Waals surface area contributed by atoms with Crippen LogP contribution in [0.4, 0.5) is 0 Å². The maximum atomic E-state index is 12.7. The molecule has 4 nitrogen and oxygen atoms in total. The summed E-state index contributed by atoms with van der Waals surface area (Å²) in [6.07, 6.45) is 3.82. The van der Waals surface area contributed by atoms with Crippen molar-refractivity contribution < 1.29 is 9.59 Å². The van der Waals surface area contributed by atoms with Gasteiger partial charge in [0.2, 0.25) is 5.91 Å². The molecule has 0 spiro atoms. The van der Waals surface area contributed by atoms with Crippen molar-refractivity contribution in [3.63, 3.8) is 0 Å². The number of amides is 2. The van der Waals surface area contributed by atoms with Crippen LogP contribution in [0.3, 0.4) is 0 Å². The Morgan fingerprint density at radius 3 is 2.22 bits per heavy atom. The third kappa shape index (κ3) is 6.55. The molecule has 0 saturated carbocycles. The van der Waals surface area contributed by atoms with Gasteiger partial charge in [0.15, 0.2) is 0 Å². The summed E-state index contributed by atoms with van der Waals surface area (Å²) in [4.78, 5) is 24.7. The molecule has 27 heavy (non-hydrogen) atoms. The molecule has 2 rings (SSSR count). The van der Waals surface area contributed by atoms with Crippen molar-refractivity contribution in [2.75, 3.05) is 6.54 Å². The van der Waals surface area contributed by atoms with Gasteiger partial charge in [0.25, 0.3) is 5.91 Å². The summed E-state index contributed by atoms with van der Waals surface area (Å²) in [6.45, 7) is 5.35. The minimum Gasteiger partial charge on any atom is -0.352 e. The minimum absolute atomic E-state index is 0.0458. The van der Waals surface area contributed by atoms with Gasteiger partial charge in [-0.25, -0.2) is 0 Å². The molecular weight excluding hydrogens is 336 g/mol. The van der Waals surface area contributed by atoms with Crippen LogP contribution in [0.5, 0.6) is 0 Å². The fourth-order valence-corrected chi connectivity index (χ4v) is 2.99. The molecule has 1 unspecified atom stereocenters. The van der Waals surface area contributed by atoms with Gasteiger partial charge in [0.05, 0.1) is 5.92 Å². The summed E-state index contributed by atoms with van der Waals surface area (Å²) in [5.41, 5.74) is 2.68. The van der Waals surface area contributed by atoms with E-state index in [4.69, 9.17) is 0 Å². The van der Waals surface area contributed by atoms with Crippen LogP contribution in [-0.2, 0) is 11.3 Å². The minimum atomic E-state index is -0.125. The van der Waals surface area contributed by atoms with Crippen LogP contribution in [-0.4, -0.2) is 18.4 Å². The average molecular weight is 367 g/mol. The molecule has 0 bridgehead atoms. The van der Waals surface area contributed by atoms with E-state index in [1.807, 2.05) is 54.6 Å². The molecule has 0 fully saturated rings. The van der Waals surface area contributed by atoms with E-state index in [0.29, 0.717) is 18.7 Å². The lowest BCUT2D eigenvalue weighted by Gasteiger charge is -2.16. The fraction of sp³-hybridized carbons (Fsp3) is 0.391. The van der Waals surface area contributed by atoms with Crippen molar-refractivity contribution in [1.29, 1.82) is 0 Å². The molecule has 2 aromatic carbocycles. The maximum absolute atomic E-state index is 12.7. The van der Waals surface area contributed by atoms with Crippen molar-refractivity contribution in [1.82, 2.24) is 10.6 Å². The van der Waals surface area contributed by atoms with Crippen molar-refractivity contribution in [3.8, 4) is 0 Å². The molecule has 144 valence electrons. The molecular formula is C23H30N2O2. The zero-order chi connectivity index (χ0) is 19.5. The second-order valence-electron chi connectivity index (χ2n) is 6.78. The Kier molecular flexibility index (Phi) is 8.56. The monoisotopic (exact) mass is 366 g/mol. The highest BCUT2D eigenvalue weighted by molar-refractivity contribution is 5.94. The van der Waals surface area contributed by atoms with E-state index in [-0.39, 0.29) is 17.7 Å². The largest absolute Gasteiger partial charge is 0.352 e. The van der Waals surface area contributed by atoms with Crippen molar-refractivity contribution in [2.45, 2.75) is 52.0 Å². The van der Waals surface area contributed by atoms with Crippen LogP contribution < -0.4 is 10.6 Å². The Morgan fingerprint density at radius 2 is 1.59 bits per heavy atom. The lowest BCUT2D eigenvalue weighted by Crippen LogP contribution is -2.29. The first-order chi connectivity index (χ1) is 13.2. The smallest absolute Gasteiger partial charge is 0.251 e. The summed E-state index contributed by atoms with van der Waals surface area (Å²) in [5.74, 6) is -0.129. The molecule has 0 aliphatic carbocycles. The first-order valence-electron chi connectivity index (χ1n) is 9.85. The Balaban J connectivity index is 1.91. The molecule has 2 N–H and O–H groups in total. The third-order valence-electron chi connectivity index (χ3n) is 4.59. The lowest BCUT2D eigenvalue weighted by molar-refractivity contribution is -0.122. The van der Waals surface area contributed by atoms with Gasteiger partial charge in [0, 0.05) is 18.7 Å². The Labute approximate surface area is 162 Å². The summed E-state index contributed by atoms with van der Waals surface area (Å²) in [7, 11) is 0. The van der Waals surface area contributed by atoms with Gasteiger partial charge in [-0.3, -0.25) is 9.59 Å². The molecule has 2 amide bonds. The van der Waals surface area contributed by atoms with E-state index in [1.165, 1.54) is 0 Å². The van der Waals surface area contributed by atoms with Gasteiger partial charge in [0.1, 0.15) is 0 Å². The average Bonchev–Trinajstić information content (AvgIpc) is 2.71. The molecule has 0 heterocycles. The highest BCUT2D eigenvalue weighted by atomic mass is 16.2. The number of benzene rings is 2. The Hall–Kier alpha value is -2.62. The molecule has 0 aromatic heterocycles. The van der Waals surface area contributed by atoms with Gasteiger partial charge in [-0.05, 0) is 36.1 Å². The Morgan fingerprint density at radius 1 is 0.889 bits per heavy atom. The van der Waals surface area contributed by atoms with Gasteiger partial charge in [-0.1, -0.05) is 69.2 Å². The number of hydrogen-bond acceptors (Lipinski definition) is 2. The van der Waals surface area contributed by atoms with Gasteiger partial charge < -0.3 is 10.6 Å². The summed E-state index contributed by atoms with van der Waals surface area (Å²) < 4.78 is 0. The van der Waals surface area contributed by atoms with Crippen LogP contribution in [0.25, 0.3) is 0 Å². The summed E-state index contributed by atoms with van der Waals surface area (Å²) >= 11 is 0. The molecule has 4 heteroatoms. The van der Waals surface area contributed by atoms with Crippen LogP contribution in [0.1, 0.15) is 66.9 Å². The third-order valence-corrected chi connectivity index (χ3v) is 4.59. The van der Waals surface area contributed by atoms with E-state index in [0.717, 1.165) is 36.8 Å². The molecule has 0 radical (unpaired) electrons. The maximum Gasteiger partial charge on any atom is 0.251 e. The molecule has 2 aromatic rings. The zero-order valence-corrected chi connectivity index (χ0v) is 16.3. The van der Waals surface area contributed by atoms with Gasteiger partial charge in [-0.15, -0.1) is 0 Å². The first kappa shape index (κ1) is 20.7. The number of unbranched alkanes of at least 4 members (excludes halogenated alkanes) is 1. The fourth-order valence-electron chi connectivity index (χ4n) is 2.99. The quantitative estimate of drug-likeness (QED) is 0.612. The van der Waals surface area contributed by atoms with Crippen LogP contribution in [0.2, 0.25) is 0 Å². The van der Waals surface area contributed by atoms with Crippen LogP contribution >= 0.6 is 0 Å². The summed E-state index contributed by atoms with van der Waals surface area (Å²) in [6, 6.07) is 17.3. The van der Waals surface area contributed by atoms with Crippen LogP contribution in [0.15, 0.2) is 54.6 Å². The predicted octanol–water partition coefficient (Wildman–Crippen LogP) is 4.42. The van der Waals surface area contributed by atoms with Gasteiger partial charge >= 0.3 is 0 Å². The second-order valence-corrected chi connectivity index (χ2v) is 6.78. The number of carbonyl (C=O) groups excluding carboxylic acids is 2. The standard InChI is InChI=1S/C23H30N2O2/c1-3-5-16-24-22(26)20-14-12-18(13-15-20)17-25-23(27)21(9-4-2)19-10-7-6-8-11-19/h6-8,10-15,21H,3-5,9,16-17H2,1-2H3,(H,24,26)(H,25,27). The topological polar surface area (TPSA) is 58.2 Å². The SMILES string of the molecule is CCCCNC(=O)c1ccc(CNC(=O)C(CCC)c2ccccc2)cc1. The van der Waals surface area contributed by atoms with E-state index >= 15 is 0 Å². The molecule has 0 saturated heterocycles. The number of carbonyl (C=O) groups is 2. The van der Waals surface area contributed by atoms with Crippen molar-refractivity contribution in [2.24, 2.45) is 0 Å². The van der Waals surface area contributed by atoms with E-state index in [1.54, 1.807) is 0 Å². The zero-order valence-electron chi connectivity index (χ0n) is 16.3. The van der Waals surface area contributed by atoms with Crippen molar-refractivity contribution >= 4 is 11.8 Å². The highest BCUT2D eigenvalue weighted by Gasteiger charge is 2.19.